The molecule has 18 heavy (non-hydrogen) atoms. The third-order valence-corrected chi connectivity index (χ3v) is 4.60. The van der Waals surface area contributed by atoms with E-state index in [9.17, 15) is 4.39 Å². The zero-order valence-corrected chi connectivity index (χ0v) is 12.3. The molecular weight excluding hydrogens is 295 g/mol. The maximum atomic E-state index is 13.4. The molecule has 0 saturated carbocycles. The summed E-state index contributed by atoms with van der Waals surface area (Å²) in [6.07, 6.45) is 2.43. The minimum absolute atomic E-state index is 0.117. The topological polar surface area (TPSA) is 29.3 Å². The smallest absolute Gasteiger partial charge is 0.123 e. The lowest BCUT2D eigenvalue weighted by Gasteiger charge is -2.28. The van der Waals surface area contributed by atoms with E-state index in [4.69, 9.17) is 5.73 Å². The second kappa shape index (κ2) is 6.13. The van der Waals surface area contributed by atoms with Crippen LogP contribution in [0.25, 0.3) is 0 Å². The Bertz CT molecular complexity index is 411. The fourth-order valence-corrected chi connectivity index (χ4v) is 3.23. The van der Waals surface area contributed by atoms with Gasteiger partial charge in [-0.25, -0.2) is 4.39 Å². The molecular formula is C14H20BrFN2. The molecule has 0 aliphatic carbocycles. The van der Waals surface area contributed by atoms with Gasteiger partial charge in [-0.15, -0.1) is 0 Å². The maximum Gasteiger partial charge on any atom is 0.123 e. The predicted octanol–water partition coefficient (Wildman–Crippen LogP) is 3.32. The number of likely N-dealkylation sites (tertiary alicyclic amines) is 1. The van der Waals surface area contributed by atoms with Crippen LogP contribution >= 0.6 is 15.9 Å². The van der Waals surface area contributed by atoms with Gasteiger partial charge in [0.15, 0.2) is 0 Å². The van der Waals surface area contributed by atoms with Crippen LogP contribution in [0.5, 0.6) is 0 Å². The molecule has 2 atom stereocenters. The SMILES string of the molecule is CCC1CCN(C(CN)c2cc(F)ccc2Br)C1. The van der Waals surface area contributed by atoms with E-state index in [-0.39, 0.29) is 11.9 Å². The zero-order valence-electron chi connectivity index (χ0n) is 10.7. The number of rotatable bonds is 4. The summed E-state index contributed by atoms with van der Waals surface area (Å²) in [6.45, 7) is 4.88. The van der Waals surface area contributed by atoms with Crippen LogP contribution in [0.3, 0.4) is 0 Å². The lowest BCUT2D eigenvalue weighted by molar-refractivity contribution is 0.239. The van der Waals surface area contributed by atoms with Gasteiger partial charge in [-0.2, -0.15) is 0 Å². The van der Waals surface area contributed by atoms with Crippen LogP contribution in [0, 0.1) is 11.7 Å². The highest BCUT2D eigenvalue weighted by Gasteiger charge is 2.28. The molecule has 1 fully saturated rings. The largest absolute Gasteiger partial charge is 0.329 e. The van der Waals surface area contributed by atoms with E-state index in [1.54, 1.807) is 12.1 Å². The van der Waals surface area contributed by atoms with Gasteiger partial charge >= 0.3 is 0 Å². The van der Waals surface area contributed by atoms with Crippen molar-refractivity contribution in [1.82, 2.24) is 4.90 Å². The van der Waals surface area contributed by atoms with Gasteiger partial charge in [0.05, 0.1) is 0 Å². The summed E-state index contributed by atoms with van der Waals surface area (Å²) in [4.78, 5) is 2.38. The lowest BCUT2D eigenvalue weighted by atomic mass is 10.0. The van der Waals surface area contributed by atoms with E-state index >= 15 is 0 Å². The van der Waals surface area contributed by atoms with Crippen molar-refractivity contribution in [2.75, 3.05) is 19.6 Å². The van der Waals surface area contributed by atoms with Crippen molar-refractivity contribution >= 4 is 15.9 Å². The van der Waals surface area contributed by atoms with Crippen molar-refractivity contribution in [2.24, 2.45) is 11.7 Å². The van der Waals surface area contributed by atoms with Crippen molar-refractivity contribution in [3.05, 3.63) is 34.1 Å². The lowest BCUT2D eigenvalue weighted by Crippen LogP contribution is -2.32. The van der Waals surface area contributed by atoms with Gasteiger partial charge < -0.3 is 5.73 Å². The number of nitrogens with two attached hydrogens (primary N) is 1. The highest BCUT2D eigenvalue weighted by atomic mass is 79.9. The van der Waals surface area contributed by atoms with Crippen LogP contribution in [-0.2, 0) is 0 Å². The first-order chi connectivity index (χ1) is 8.65. The molecule has 2 N–H and O–H groups in total. The van der Waals surface area contributed by atoms with E-state index in [1.165, 1.54) is 18.9 Å². The molecule has 0 radical (unpaired) electrons. The average Bonchev–Trinajstić information content (AvgIpc) is 2.83. The Labute approximate surface area is 116 Å². The molecule has 0 amide bonds. The van der Waals surface area contributed by atoms with Crippen LogP contribution in [-0.4, -0.2) is 24.5 Å². The summed E-state index contributed by atoms with van der Waals surface area (Å²) in [6, 6.07) is 4.95. The quantitative estimate of drug-likeness (QED) is 0.923. The fraction of sp³-hybridized carbons (Fsp3) is 0.571. The molecule has 0 spiro atoms. The van der Waals surface area contributed by atoms with E-state index in [0.717, 1.165) is 29.0 Å². The number of hydrogen-bond donors (Lipinski definition) is 1. The second-order valence-corrected chi connectivity index (χ2v) is 5.83. The van der Waals surface area contributed by atoms with Crippen LogP contribution in [0.4, 0.5) is 4.39 Å². The van der Waals surface area contributed by atoms with Crippen molar-refractivity contribution in [3.63, 3.8) is 0 Å². The normalized spacial score (nSPS) is 22.3. The summed E-state index contributed by atoms with van der Waals surface area (Å²) in [7, 11) is 0. The summed E-state index contributed by atoms with van der Waals surface area (Å²) in [5, 5.41) is 0. The van der Waals surface area contributed by atoms with Gasteiger partial charge in [-0.3, -0.25) is 4.90 Å². The van der Waals surface area contributed by atoms with Crippen molar-refractivity contribution in [1.29, 1.82) is 0 Å². The first-order valence-electron chi connectivity index (χ1n) is 6.54. The Balaban J connectivity index is 2.20. The number of benzene rings is 1. The molecule has 2 rings (SSSR count). The second-order valence-electron chi connectivity index (χ2n) is 4.98. The molecule has 1 saturated heterocycles. The Kier molecular flexibility index (Phi) is 4.76. The minimum atomic E-state index is -0.196. The molecule has 1 aliphatic rings. The molecule has 1 aliphatic heterocycles. The first kappa shape index (κ1) is 14.0. The van der Waals surface area contributed by atoms with E-state index in [1.807, 2.05) is 0 Å². The van der Waals surface area contributed by atoms with Crippen LogP contribution in [0.1, 0.15) is 31.4 Å². The Hall–Kier alpha value is -0.450. The third-order valence-electron chi connectivity index (χ3n) is 3.88. The molecule has 0 bridgehead atoms. The van der Waals surface area contributed by atoms with Crippen LogP contribution in [0.2, 0.25) is 0 Å². The third kappa shape index (κ3) is 2.92. The molecule has 1 aromatic rings. The Morgan fingerprint density at radius 2 is 2.33 bits per heavy atom. The number of halogens is 2. The van der Waals surface area contributed by atoms with E-state index in [0.29, 0.717) is 6.54 Å². The Morgan fingerprint density at radius 1 is 1.56 bits per heavy atom. The van der Waals surface area contributed by atoms with Gasteiger partial charge in [0.25, 0.3) is 0 Å². The van der Waals surface area contributed by atoms with Gasteiger partial charge in [0, 0.05) is 23.6 Å². The number of hydrogen-bond acceptors (Lipinski definition) is 2. The maximum absolute atomic E-state index is 13.4. The van der Waals surface area contributed by atoms with Crippen LogP contribution in [0.15, 0.2) is 22.7 Å². The standard InChI is InChI=1S/C14H20BrFN2/c1-2-10-5-6-18(9-10)14(8-17)12-7-11(16)3-4-13(12)15/h3-4,7,10,14H,2,5-6,8-9,17H2,1H3. The van der Waals surface area contributed by atoms with Gasteiger partial charge in [-0.05, 0) is 42.6 Å². The van der Waals surface area contributed by atoms with Gasteiger partial charge in [0.2, 0.25) is 0 Å². The minimum Gasteiger partial charge on any atom is -0.329 e. The number of nitrogens with zero attached hydrogens (tertiary/aromatic N) is 1. The highest BCUT2D eigenvalue weighted by molar-refractivity contribution is 9.10. The van der Waals surface area contributed by atoms with Crippen LogP contribution < -0.4 is 5.73 Å². The Morgan fingerprint density at radius 3 is 2.94 bits per heavy atom. The summed E-state index contributed by atoms with van der Waals surface area (Å²) < 4.78 is 14.3. The molecule has 2 nitrogen and oxygen atoms in total. The summed E-state index contributed by atoms with van der Waals surface area (Å²) in [5.74, 6) is 0.560. The summed E-state index contributed by atoms with van der Waals surface area (Å²) >= 11 is 3.50. The van der Waals surface area contributed by atoms with Crippen molar-refractivity contribution in [2.45, 2.75) is 25.8 Å². The molecule has 1 heterocycles. The predicted molar refractivity (Wildman–Crippen MR) is 75.9 cm³/mol. The van der Waals surface area contributed by atoms with E-state index in [2.05, 4.69) is 27.8 Å². The van der Waals surface area contributed by atoms with Gasteiger partial charge in [-0.1, -0.05) is 29.3 Å². The average molecular weight is 315 g/mol. The molecule has 4 heteroatoms. The van der Waals surface area contributed by atoms with Crippen molar-refractivity contribution in [3.8, 4) is 0 Å². The van der Waals surface area contributed by atoms with Gasteiger partial charge in [0.1, 0.15) is 5.82 Å². The fourth-order valence-electron chi connectivity index (χ4n) is 2.72. The highest BCUT2D eigenvalue weighted by Crippen LogP contribution is 2.32. The molecule has 0 aromatic heterocycles. The monoisotopic (exact) mass is 314 g/mol. The van der Waals surface area contributed by atoms with Crippen molar-refractivity contribution < 1.29 is 4.39 Å². The molecule has 1 aromatic carbocycles. The molecule has 2 unspecified atom stereocenters. The molecule has 100 valence electrons. The zero-order chi connectivity index (χ0) is 13.1. The first-order valence-corrected chi connectivity index (χ1v) is 7.34. The summed E-state index contributed by atoms with van der Waals surface area (Å²) in [5.41, 5.74) is 6.87. The van der Waals surface area contributed by atoms with E-state index < -0.39 is 0 Å².